The number of rotatable bonds is 2. The molecule has 1 nitrogen and oxygen atoms in total. The third-order valence-electron chi connectivity index (χ3n) is 3.53. The predicted octanol–water partition coefficient (Wildman–Crippen LogP) is 2.21. The van der Waals surface area contributed by atoms with Gasteiger partial charge < -0.3 is 4.74 Å². The van der Waals surface area contributed by atoms with E-state index in [4.69, 9.17) is 4.74 Å². The first-order valence-corrected chi connectivity index (χ1v) is 4.38. The molecule has 0 N–H and O–H groups in total. The molecule has 0 aromatic carbocycles. The van der Waals surface area contributed by atoms with Crippen LogP contribution in [0.1, 0.15) is 33.1 Å². The van der Waals surface area contributed by atoms with E-state index in [1.807, 2.05) is 0 Å². The van der Waals surface area contributed by atoms with Gasteiger partial charge in [0.1, 0.15) is 0 Å². The zero-order valence-electron chi connectivity index (χ0n) is 6.89. The fourth-order valence-electron chi connectivity index (χ4n) is 2.34. The van der Waals surface area contributed by atoms with Crippen molar-refractivity contribution in [1.29, 1.82) is 0 Å². The van der Waals surface area contributed by atoms with E-state index in [-0.39, 0.29) is 0 Å². The Bertz CT molecular complexity index is 130. The highest BCUT2D eigenvalue weighted by molar-refractivity contribution is 5.02. The number of hydrogen-bond donors (Lipinski definition) is 0. The molecule has 0 aromatic rings. The van der Waals surface area contributed by atoms with E-state index in [9.17, 15) is 0 Å². The minimum Gasteiger partial charge on any atom is -0.378 e. The Morgan fingerprint density at radius 2 is 2.30 bits per heavy atom. The molecule has 0 amide bonds. The molecule has 1 aliphatic carbocycles. The van der Waals surface area contributed by atoms with Crippen LogP contribution >= 0.6 is 0 Å². The Kier molecular flexibility index (Phi) is 1.31. The fraction of sp³-hybridized carbons (Fsp3) is 1.00. The van der Waals surface area contributed by atoms with E-state index >= 15 is 0 Å². The Hall–Kier alpha value is -0.0400. The third kappa shape index (κ3) is 0.672. The topological polar surface area (TPSA) is 9.23 Å². The van der Waals surface area contributed by atoms with Crippen molar-refractivity contribution >= 4 is 0 Å². The Morgan fingerprint density at radius 3 is 2.70 bits per heavy atom. The summed E-state index contributed by atoms with van der Waals surface area (Å²) in [6.45, 7) is 5.70. The van der Waals surface area contributed by atoms with Gasteiger partial charge in [-0.25, -0.2) is 0 Å². The first kappa shape index (κ1) is 6.66. The van der Waals surface area contributed by atoms with Crippen molar-refractivity contribution in [3.8, 4) is 0 Å². The lowest BCUT2D eigenvalue weighted by molar-refractivity contribution is 0.0841. The van der Waals surface area contributed by atoms with Crippen molar-refractivity contribution in [2.75, 3.05) is 6.61 Å². The molecule has 0 spiro atoms. The van der Waals surface area contributed by atoms with Gasteiger partial charge in [0.25, 0.3) is 0 Å². The van der Waals surface area contributed by atoms with Gasteiger partial charge in [-0.15, -0.1) is 0 Å². The van der Waals surface area contributed by atoms with Gasteiger partial charge in [0.05, 0.1) is 12.7 Å². The summed E-state index contributed by atoms with van der Waals surface area (Å²) in [5, 5.41) is 0. The quantitative estimate of drug-likeness (QED) is 0.571. The van der Waals surface area contributed by atoms with Crippen LogP contribution in [0.3, 0.4) is 0 Å². The predicted molar refractivity (Wildman–Crippen MR) is 40.9 cm³/mol. The lowest BCUT2D eigenvalue weighted by atomic mass is 9.62. The molecule has 1 heteroatoms. The SMILES string of the molecule is CCC(C)C12COC(C1)C2. The van der Waals surface area contributed by atoms with Crippen molar-refractivity contribution in [2.45, 2.75) is 39.2 Å². The van der Waals surface area contributed by atoms with Crippen molar-refractivity contribution in [1.82, 2.24) is 0 Å². The summed E-state index contributed by atoms with van der Waals surface area (Å²) >= 11 is 0. The first-order chi connectivity index (χ1) is 4.77. The lowest BCUT2D eigenvalue weighted by Crippen LogP contribution is -2.38. The van der Waals surface area contributed by atoms with Crippen molar-refractivity contribution < 1.29 is 4.74 Å². The van der Waals surface area contributed by atoms with Crippen LogP contribution in [0.25, 0.3) is 0 Å². The molecule has 0 radical (unpaired) electrons. The number of hydrogen-bond acceptors (Lipinski definition) is 1. The van der Waals surface area contributed by atoms with Gasteiger partial charge in [-0.05, 0) is 18.8 Å². The van der Waals surface area contributed by atoms with Gasteiger partial charge >= 0.3 is 0 Å². The summed E-state index contributed by atoms with van der Waals surface area (Å²) in [4.78, 5) is 0. The van der Waals surface area contributed by atoms with Gasteiger partial charge in [-0.3, -0.25) is 0 Å². The van der Waals surface area contributed by atoms with Crippen LogP contribution in [0.5, 0.6) is 0 Å². The standard InChI is InChI=1S/C9H16O/c1-3-7(2)9-4-8(5-9)10-6-9/h7-8H,3-6H2,1-2H3. The summed E-state index contributed by atoms with van der Waals surface area (Å²) < 4.78 is 5.55. The maximum Gasteiger partial charge on any atom is 0.0588 e. The monoisotopic (exact) mass is 140 g/mol. The second kappa shape index (κ2) is 1.97. The molecule has 3 fully saturated rings. The largest absolute Gasteiger partial charge is 0.378 e. The highest BCUT2D eigenvalue weighted by Gasteiger charge is 2.53. The summed E-state index contributed by atoms with van der Waals surface area (Å²) in [5.74, 6) is 0.881. The molecule has 2 aliphatic heterocycles. The van der Waals surface area contributed by atoms with Crippen LogP contribution in [0.2, 0.25) is 0 Å². The summed E-state index contributed by atoms with van der Waals surface area (Å²) in [5.41, 5.74) is 0.624. The van der Waals surface area contributed by atoms with Crippen molar-refractivity contribution in [3.63, 3.8) is 0 Å². The molecular formula is C9H16O. The molecular weight excluding hydrogens is 124 g/mol. The molecule has 58 valence electrons. The van der Waals surface area contributed by atoms with Gasteiger partial charge in [-0.1, -0.05) is 20.3 Å². The molecule has 2 bridgehead atoms. The maximum absolute atomic E-state index is 5.55. The van der Waals surface area contributed by atoms with Gasteiger partial charge in [0.15, 0.2) is 0 Å². The molecule has 1 unspecified atom stereocenters. The fourth-order valence-corrected chi connectivity index (χ4v) is 2.34. The summed E-state index contributed by atoms with van der Waals surface area (Å²) in [7, 11) is 0. The zero-order valence-corrected chi connectivity index (χ0v) is 6.89. The van der Waals surface area contributed by atoms with E-state index in [0.29, 0.717) is 11.5 Å². The van der Waals surface area contributed by atoms with Crippen LogP contribution in [0.15, 0.2) is 0 Å². The average Bonchev–Trinajstić information content (AvgIpc) is 2.41. The number of fused-ring (bicyclic) bond motifs is 1. The zero-order chi connectivity index (χ0) is 7.19. The second-order valence-electron chi connectivity index (χ2n) is 4.01. The molecule has 1 saturated carbocycles. The molecule has 1 atom stereocenters. The summed E-state index contributed by atoms with van der Waals surface area (Å²) in [6, 6.07) is 0. The van der Waals surface area contributed by atoms with Gasteiger partial charge in [0, 0.05) is 5.41 Å². The smallest absolute Gasteiger partial charge is 0.0588 e. The van der Waals surface area contributed by atoms with Gasteiger partial charge in [0.2, 0.25) is 0 Å². The molecule has 2 heterocycles. The Labute approximate surface area is 62.8 Å². The van der Waals surface area contributed by atoms with Crippen LogP contribution in [0, 0.1) is 11.3 Å². The highest BCUT2D eigenvalue weighted by Crippen LogP contribution is 2.55. The molecule has 3 rings (SSSR count). The maximum atomic E-state index is 5.55. The normalized spacial score (nSPS) is 46.8. The van der Waals surface area contributed by atoms with Crippen LogP contribution < -0.4 is 0 Å². The van der Waals surface area contributed by atoms with E-state index < -0.39 is 0 Å². The molecule has 2 saturated heterocycles. The van der Waals surface area contributed by atoms with Crippen molar-refractivity contribution in [2.24, 2.45) is 11.3 Å². The number of ether oxygens (including phenoxy) is 1. The highest BCUT2D eigenvalue weighted by atomic mass is 16.5. The summed E-state index contributed by atoms with van der Waals surface area (Å²) in [6.07, 6.45) is 4.66. The second-order valence-corrected chi connectivity index (χ2v) is 4.01. The first-order valence-electron chi connectivity index (χ1n) is 4.38. The Balaban J connectivity index is 2.03. The Morgan fingerprint density at radius 1 is 1.60 bits per heavy atom. The van der Waals surface area contributed by atoms with E-state index in [1.165, 1.54) is 19.3 Å². The van der Waals surface area contributed by atoms with Crippen molar-refractivity contribution in [3.05, 3.63) is 0 Å². The lowest BCUT2D eigenvalue weighted by Gasteiger charge is -2.40. The van der Waals surface area contributed by atoms with E-state index in [2.05, 4.69) is 13.8 Å². The minimum atomic E-state index is 0.624. The minimum absolute atomic E-state index is 0.624. The third-order valence-corrected chi connectivity index (χ3v) is 3.53. The van der Waals surface area contributed by atoms with Crippen LogP contribution in [-0.4, -0.2) is 12.7 Å². The average molecular weight is 140 g/mol. The van der Waals surface area contributed by atoms with Crippen LogP contribution in [0.4, 0.5) is 0 Å². The van der Waals surface area contributed by atoms with Crippen LogP contribution in [-0.2, 0) is 4.74 Å². The molecule has 0 aromatic heterocycles. The van der Waals surface area contributed by atoms with Gasteiger partial charge in [-0.2, -0.15) is 0 Å². The van der Waals surface area contributed by atoms with E-state index in [0.717, 1.165) is 12.5 Å². The molecule has 10 heavy (non-hydrogen) atoms. The molecule has 3 aliphatic rings. The van der Waals surface area contributed by atoms with E-state index in [1.54, 1.807) is 0 Å².